The van der Waals surface area contributed by atoms with Gasteiger partial charge in [0.25, 0.3) is 5.91 Å². The molecule has 0 atom stereocenters. The topological polar surface area (TPSA) is 102 Å². The van der Waals surface area contributed by atoms with Crippen LogP contribution in [0.5, 0.6) is 0 Å². The summed E-state index contributed by atoms with van der Waals surface area (Å²) < 4.78 is 35.1. The number of benzene rings is 1. The number of nitrogens with two attached hydrogens (primary N) is 1. The summed E-state index contributed by atoms with van der Waals surface area (Å²) in [6, 6.07) is 7.78. The molecule has 0 saturated heterocycles. The van der Waals surface area contributed by atoms with Crippen molar-refractivity contribution in [1.29, 1.82) is 0 Å². The maximum atomic E-state index is 12.7. The van der Waals surface area contributed by atoms with Crippen LogP contribution in [0.3, 0.4) is 0 Å². The first-order chi connectivity index (χ1) is 9.36. The van der Waals surface area contributed by atoms with Gasteiger partial charge in [0.1, 0.15) is 11.5 Å². The predicted molar refractivity (Wildman–Crippen MR) is 70.0 cm³/mol. The van der Waals surface area contributed by atoms with Crippen molar-refractivity contribution in [2.45, 2.75) is 4.90 Å². The monoisotopic (exact) mass is 295 g/mol. The van der Waals surface area contributed by atoms with Crippen molar-refractivity contribution in [1.82, 2.24) is 4.98 Å². The van der Waals surface area contributed by atoms with Gasteiger partial charge in [-0.05, 0) is 30.3 Å². The fourth-order valence-corrected chi connectivity index (χ4v) is 2.02. The number of nitrogens with zero attached hydrogens (tertiary/aromatic N) is 1. The molecule has 0 unspecified atom stereocenters. The quantitative estimate of drug-likeness (QED) is 0.885. The fourth-order valence-electron chi connectivity index (χ4n) is 1.46. The molecule has 0 radical (unpaired) electrons. The molecule has 1 aromatic heterocycles. The molecule has 0 bridgehead atoms. The van der Waals surface area contributed by atoms with E-state index in [9.17, 15) is 17.6 Å². The van der Waals surface area contributed by atoms with Gasteiger partial charge < -0.3 is 5.32 Å². The van der Waals surface area contributed by atoms with Gasteiger partial charge in [-0.25, -0.2) is 22.9 Å². The normalized spacial score (nSPS) is 11.1. The number of pyridine rings is 1. The lowest BCUT2D eigenvalue weighted by Crippen LogP contribution is -2.15. The van der Waals surface area contributed by atoms with Crippen molar-refractivity contribution in [3.63, 3.8) is 0 Å². The zero-order valence-electron chi connectivity index (χ0n) is 10.1. The van der Waals surface area contributed by atoms with Crippen molar-refractivity contribution in [2.75, 3.05) is 5.32 Å². The Hall–Kier alpha value is -2.32. The van der Waals surface area contributed by atoms with Crippen LogP contribution in [0.25, 0.3) is 0 Å². The number of carbonyl (C=O) groups excluding carboxylic acids is 1. The molecule has 0 spiro atoms. The van der Waals surface area contributed by atoms with Gasteiger partial charge in [-0.1, -0.05) is 6.07 Å². The summed E-state index contributed by atoms with van der Waals surface area (Å²) in [5, 5.41) is 7.44. The molecule has 1 heterocycles. The molecule has 2 rings (SSSR count). The molecule has 0 aliphatic carbocycles. The summed E-state index contributed by atoms with van der Waals surface area (Å²) in [7, 11) is -3.85. The van der Waals surface area contributed by atoms with Gasteiger partial charge in [0.15, 0.2) is 0 Å². The van der Waals surface area contributed by atoms with E-state index in [0.29, 0.717) is 0 Å². The molecule has 0 saturated carbocycles. The van der Waals surface area contributed by atoms with E-state index in [2.05, 4.69) is 10.3 Å². The minimum atomic E-state index is -3.85. The van der Waals surface area contributed by atoms with Gasteiger partial charge in [-0.2, -0.15) is 0 Å². The Morgan fingerprint density at radius 2 is 2.00 bits per heavy atom. The molecule has 3 N–H and O–H groups in total. The van der Waals surface area contributed by atoms with Crippen LogP contribution in [0, 0.1) is 5.82 Å². The lowest BCUT2D eigenvalue weighted by atomic mass is 10.3. The van der Waals surface area contributed by atoms with Crippen molar-refractivity contribution in [3.8, 4) is 0 Å². The highest BCUT2D eigenvalue weighted by Gasteiger charge is 2.11. The summed E-state index contributed by atoms with van der Waals surface area (Å²) in [5.74, 6) is -1.14. The van der Waals surface area contributed by atoms with Crippen LogP contribution in [0.15, 0.2) is 47.5 Å². The summed E-state index contributed by atoms with van der Waals surface area (Å²) in [4.78, 5) is 15.3. The average Bonchev–Trinajstić information content (AvgIpc) is 2.38. The van der Waals surface area contributed by atoms with Crippen LogP contribution in [-0.4, -0.2) is 19.3 Å². The van der Waals surface area contributed by atoms with Gasteiger partial charge in [-0.15, -0.1) is 0 Å². The lowest BCUT2D eigenvalue weighted by molar-refractivity contribution is 0.102. The number of hydrogen-bond acceptors (Lipinski definition) is 4. The van der Waals surface area contributed by atoms with E-state index in [1.165, 1.54) is 30.3 Å². The highest BCUT2D eigenvalue weighted by atomic mass is 32.2. The van der Waals surface area contributed by atoms with E-state index in [0.717, 1.165) is 12.3 Å². The van der Waals surface area contributed by atoms with Crippen molar-refractivity contribution in [3.05, 3.63) is 54.1 Å². The van der Waals surface area contributed by atoms with Crippen molar-refractivity contribution in [2.24, 2.45) is 5.14 Å². The first-order valence-electron chi connectivity index (χ1n) is 5.42. The second kappa shape index (κ2) is 5.35. The third-order valence-electron chi connectivity index (χ3n) is 2.38. The maximum Gasteiger partial charge on any atom is 0.274 e. The van der Waals surface area contributed by atoms with Gasteiger partial charge in [0, 0.05) is 5.69 Å². The molecule has 0 fully saturated rings. The van der Waals surface area contributed by atoms with Crippen LogP contribution in [0.1, 0.15) is 10.5 Å². The van der Waals surface area contributed by atoms with Crippen LogP contribution in [0.4, 0.5) is 10.1 Å². The SMILES string of the molecule is NS(=O)(=O)c1cccc(NC(=O)c2ccc(F)cn2)c1. The molecule has 8 heteroatoms. The number of amides is 1. The number of nitrogens with one attached hydrogen (secondary N) is 1. The molecule has 2 aromatic rings. The number of hydrogen-bond donors (Lipinski definition) is 2. The molecule has 1 aromatic carbocycles. The fraction of sp³-hybridized carbons (Fsp3) is 0. The highest BCUT2D eigenvalue weighted by molar-refractivity contribution is 7.89. The van der Waals surface area contributed by atoms with Gasteiger partial charge in [0.05, 0.1) is 11.1 Å². The van der Waals surface area contributed by atoms with E-state index >= 15 is 0 Å². The summed E-state index contributed by atoms with van der Waals surface area (Å²) >= 11 is 0. The van der Waals surface area contributed by atoms with Crippen molar-refractivity contribution < 1.29 is 17.6 Å². The van der Waals surface area contributed by atoms with E-state index in [4.69, 9.17) is 5.14 Å². The number of halogens is 1. The molecular formula is C12H10FN3O3S. The molecule has 6 nitrogen and oxygen atoms in total. The minimum absolute atomic E-state index is 0.00686. The number of primary sulfonamides is 1. The minimum Gasteiger partial charge on any atom is -0.321 e. The Balaban J connectivity index is 2.22. The van der Waals surface area contributed by atoms with Gasteiger partial charge >= 0.3 is 0 Å². The van der Waals surface area contributed by atoms with Crippen molar-refractivity contribution >= 4 is 21.6 Å². The first kappa shape index (κ1) is 14.1. The molecule has 0 aliphatic rings. The van der Waals surface area contributed by atoms with E-state index in [1.807, 2.05) is 0 Å². The van der Waals surface area contributed by atoms with Crippen LogP contribution in [0.2, 0.25) is 0 Å². The molecule has 104 valence electrons. The number of carbonyl (C=O) groups is 1. The second-order valence-corrected chi connectivity index (χ2v) is 5.45. The Morgan fingerprint density at radius 3 is 2.60 bits per heavy atom. The number of anilines is 1. The maximum absolute atomic E-state index is 12.7. The lowest BCUT2D eigenvalue weighted by Gasteiger charge is -2.06. The Labute approximate surface area is 114 Å². The highest BCUT2D eigenvalue weighted by Crippen LogP contribution is 2.14. The number of aromatic nitrogens is 1. The third-order valence-corrected chi connectivity index (χ3v) is 3.29. The smallest absolute Gasteiger partial charge is 0.274 e. The van der Waals surface area contributed by atoms with E-state index in [1.54, 1.807) is 0 Å². The van der Waals surface area contributed by atoms with Crippen LogP contribution in [-0.2, 0) is 10.0 Å². The summed E-state index contributed by atoms with van der Waals surface area (Å²) in [6.07, 6.45) is 0.912. The third kappa shape index (κ3) is 3.37. The zero-order valence-corrected chi connectivity index (χ0v) is 10.9. The predicted octanol–water partition coefficient (Wildman–Crippen LogP) is 1.12. The Morgan fingerprint density at radius 1 is 1.25 bits per heavy atom. The number of sulfonamides is 1. The van der Waals surface area contributed by atoms with E-state index in [-0.39, 0.29) is 16.3 Å². The zero-order chi connectivity index (χ0) is 14.8. The molecule has 0 aliphatic heterocycles. The average molecular weight is 295 g/mol. The van der Waals surface area contributed by atoms with Gasteiger partial charge in [-0.3, -0.25) is 4.79 Å². The summed E-state index contributed by atoms with van der Waals surface area (Å²) in [5.41, 5.74) is 0.250. The standard InChI is InChI=1S/C12H10FN3O3S/c13-8-4-5-11(15-7-8)12(17)16-9-2-1-3-10(6-9)20(14,18)19/h1-7H,(H,16,17)(H2,14,18,19). The molecular weight excluding hydrogens is 285 g/mol. The van der Waals surface area contributed by atoms with E-state index < -0.39 is 21.7 Å². The first-order valence-corrected chi connectivity index (χ1v) is 6.97. The Bertz CT molecular complexity index is 745. The Kier molecular flexibility index (Phi) is 3.77. The molecule has 1 amide bonds. The number of rotatable bonds is 3. The van der Waals surface area contributed by atoms with Crippen LogP contribution >= 0.6 is 0 Å². The largest absolute Gasteiger partial charge is 0.321 e. The van der Waals surface area contributed by atoms with Gasteiger partial charge in [0.2, 0.25) is 10.0 Å². The second-order valence-electron chi connectivity index (χ2n) is 3.89. The van der Waals surface area contributed by atoms with Crippen LogP contribution < -0.4 is 10.5 Å². The summed E-state index contributed by atoms with van der Waals surface area (Å²) in [6.45, 7) is 0. The molecule has 20 heavy (non-hydrogen) atoms.